The summed E-state index contributed by atoms with van der Waals surface area (Å²) in [6.07, 6.45) is 3.42. The number of aryl methyl sites for hydroxylation is 1. The van der Waals surface area contributed by atoms with Crippen LogP contribution in [0.25, 0.3) is 11.0 Å². The minimum Gasteiger partial charge on any atom is -0.423 e. The second kappa shape index (κ2) is 3.44. The van der Waals surface area contributed by atoms with Gasteiger partial charge in [-0.15, -0.1) is 0 Å². The normalized spacial score (nSPS) is 10.8. The lowest BCUT2D eigenvalue weighted by Gasteiger charge is -2.01. The first-order valence-corrected chi connectivity index (χ1v) is 4.53. The second-order valence-corrected chi connectivity index (χ2v) is 3.16. The monoisotopic (exact) mass is 190 g/mol. The molecule has 0 spiro atoms. The van der Waals surface area contributed by atoms with Crippen LogP contribution in [0.3, 0.4) is 0 Å². The fraction of sp³-hybridized carbons (Fsp3) is 0.222. The minimum absolute atomic E-state index is 0.423. The predicted octanol–water partition coefficient (Wildman–Crippen LogP) is -0.264. The van der Waals surface area contributed by atoms with Crippen LogP contribution < -0.4 is 5.46 Å². The molecule has 0 amide bonds. The fourth-order valence-electron chi connectivity index (χ4n) is 1.49. The van der Waals surface area contributed by atoms with Crippen molar-refractivity contribution in [3.8, 4) is 0 Å². The summed E-state index contributed by atoms with van der Waals surface area (Å²) in [5, 5.41) is 18.8. The Morgan fingerprint density at radius 1 is 1.50 bits per heavy atom. The van der Waals surface area contributed by atoms with Crippen LogP contribution in [0, 0.1) is 0 Å². The Labute approximate surface area is 82.0 Å². The molecule has 0 radical (unpaired) electrons. The van der Waals surface area contributed by atoms with E-state index in [-0.39, 0.29) is 0 Å². The van der Waals surface area contributed by atoms with Gasteiger partial charge in [-0.05, 0) is 19.1 Å². The molecule has 2 aromatic heterocycles. The molecule has 0 saturated heterocycles. The van der Waals surface area contributed by atoms with Gasteiger partial charge >= 0.3 is 7.12 Å². The predicted molar refractivity (Wildman–Crippen MR) is 55.2 cm³/mol. The maximum absolute atomic E-state index is 8.96. The van der Waals surface area contributed by atoms with Crippen LogP contribution in [0.15, 0.2) is 24.5 Å². The number of hydrogen-bond donors (Lipinski definition) is 2. The van der Waals surface area contributed by atoms with E-state index >= 15 is 0 Å². The van der Waals surface area contributed by atoms with Gasteiger partial charge in [0.2, 0.25) is 0 Å². The Bertz CT molecular complexity index is 453. The van der Waals surface area contributed by atoms with Crippen molar-refractivity contribution >= 4 is 23.6 Å². The zero-order valence-electron chi connectivity index (χ0n) is 7.88. The maximum atomic E-state index is 8.96. The third-order valence-electron chi connectivity index (χ3n) is 2.26. The van der Waals surface area contributed by atoms with Crippen LogP contribution in [0.4, 0.5) is 0 Å². The zero-order chi connectivity index (χ0) is 10.1. The molecule has 2 aromatic rings. The summed E-state index contributed by atoms with van der Waals surface area (Å²) in [5.74, 6) is 0. The summed E-state index contributed by atoms with van der Waals surface area (Å²) in [6, 6.07) is 3.65. The molecule has 2 N–H and O–H groups in total. The van der Waals surface area contributed by atoms with Gasteiger partial charge in [0.25, 0.3) is 0 Å². The summed E-state index contributed by atoms with van der Waals surface area (Å²) in [6.45, 7) is 2.90. The van der Waals surface area contributed by atoms with E-state index in [2.05, 4.69) is 4.98 Å². The highest BCUT2D eigenvalue weighted by Crippen LogP contribution is 2.10. The molecule has 0 aliphatic heterocycles. The van der Waals surface area contributed by atoms with Gasteiger partial charge in [0, 0.05) is 29.8 Å². The van der Waals surface area contributed by atoms with Crippen LogP contribution in [0.2, 0.25) is 0 Å². The Balaban J connectivity index is 2.57. The van der Waals surface area contributed by atoms with Crippen LogP contribution in [0.5, 0.6) is 0 Å². The van der Waals surface area contributed by atoms with Gasteiger partial charge < -0.3 is 14.6 Å². The highest BCUT2D eigenvalue weighted by molar-refractivity contribution is 6.58. The van der Waals surface area contributed by atoms with Crippen LogP contribution in [-0.4, -0.2) is 26.7 Å². The number of rotatable bonds is 2. The molecule has 0 aromatic carbocycles. The van der Waals surface area contributed by atoms with E-state index in [0.29, 0.717) is 5.46 Å². The van der Waals surface area contributed by atoms with Crippen molar-refractivity contribution in [3.63, 3.8) is 0 Å². The standard InChI is InChI=1S/C9H11BN2O2/c1-2-12-4-3-7-5-8(10(13)14)6-11-9(7)12/h3-6,13-14H,2H2,1H3. The SMILES string of the molecule is CCn1ccc2cc(B(O)O)cnc21. The van der Waals surface area contributed by atoms with E-state index in [9.17, 15) is 0 Å². The average molecular weight is 190 g/mol. The molecule has 0 fully saturated rings. The van der Waals surface area contributed by atoms with Crippen molar-refractivity contribution in [3.05, 3.63) is 24.5 Å². The lowest BCUT2D eigenvalue weighted by atomic mass is 9.81. The van der Waals surface area contributed by atoms with Crippen molar-refractivity contribution < 1.29 is 10.0 Å². The van der Waals surface area contributed by atoms with E-state index in [1.807, 2.05) is 23.8 Å². The summed E-state index contributed by atoms with van der Waals surface area (Å²) >= 11 is 0. The van der Waals surface area contributed by atoms with Gasteiger partial charge in [0.05, 0.1) is 0 Å². The zero-order valence-corrected chi connectivity index (χ0v) is 7.88. The molecule has 2 heterocycles. The minimum atomic E-state index is -1.45. The van der Waals surface area contributed by atoms with E-state index < -0.39 is 7.12 Å². The molecular weight excluding hydrogens is 179 g/mol. The number of hydrogen-bond acceptors (Lipinski definition) is 3. The molecule has 72 valence electrons. The Morgan fingerprint density at radius 3 is 2.93 bits per heavy atom. The van der Waals surface area contributed by atoms with Gasteiger partial charge in [-0.1, -0.05) is 0 Å². The van der Waals surface area contributed by atoms with Crippen LogP contribution >= 0.6 is 0 Å². The van der Waals surface area contributed by atoms with Gasteiger partial charge in [-0.3, -0.25) is 0 Å². The molecule has 0 unspecified atom stereocenters. The topological polar surface area (TPSA) is 58.3 Å². The van der Waals surface area contributed by atoms with E-state index in [1.165, 1.54) is 6.20 Å². The smallest absolute Gasteiger partial charge is 0.423 e. The first-order valence-electron chi connectivity index (χ1n) is 4.53. The van der Waals surface area contributed by atoms with Gasteiger partial charge in [0.1, 0.15) is 5.65 Å². The van der Waals surface area contributed by atoms with Crippen molar-refractivity contribution in [2.24, 2.45) is 0 Å². The molecule has 4 nitrogen and oxygen atoms in total. The Hall–Kier alpha value is -1.33. The van der Waals surface area contributed by atoms with Crippen molar-refractivity contribution in [2.75, 3.05) is 0 Å². The number of pyridine rings is 1. The Kier molecular flexibility index (Phi) is 2.27. The summed E-state index contributed by atoms with van der Waals surface area (Å²) < 4.78 is 2.00. The lowest BCUT2D eigenvalue weighted by Crippen LogP contribution is -2.30. The highest BCUT2D eigenvalue weighted by Gasteiger charge is 2.12. The molecule has 0 saturated carbocycles. The molecule has 14 heavy (non-hydrogen) atoms. The fourth-order valence-corrected chi connectivity index (χ4v) is 1.49. The van der Waals surface area contributed by atoms with Crippen molar-refractivity contribution in [1.29, 1.82) is 0 Å². The Morgan fingerprint density at radius 2 is 2.29 bits per heavy atom. The summed E-state index contributed by atoms with van der Waals surface area (Å²) in [4.78, 5) is 4.18. The summed E-state index contributed by atoms with van der Waals surface area (Å²) in [7, 11) is -1.45. The average Bonchev–Trinajstić information content (AvgIpc) is 2.59. The molecule has 2 rings (SSSR count). The lowest BCUT2D eigenvalue weighted by molar-refractivity contribution is 0.425. The molecule has 0 aliphatic carbocycles. The first kappa shape index (κ1) is 9.24. The van der Waals surface area contributed by atoms with Gasteiger partial charge in [-0.2, -0.15) is 0 Å². The highest BCUT2D eigenvalue weighted by atomic mass is 16.4. The van der Waals surface area contributed by atoms with Crippen LogP contribution in [0.1, 0.15) is 6.92 Å². The van der Waals surface area contributed by atoms with Gasteiger partial charge in [-0.25, -0.2) is 4.98 Å². The molecule has 5 heteroatoms. The maximum Gasteiger partial charge on any atom is 0.490 e. The third-order valence-corrected chi connectivity index (χ3v) is 2.26. The summed E-state index contributed by atoms with van der Waals surface area (Å²) in [5.41, 5.74) is 1.29. The quantitative estimate of drug-likeness (QED) is 0.641. The van der Waals surface area contributed by atoms with Crippen LogP contribution in [-0.2, 0) is 6.54 Å². The molecular formula is C9H11BN2O2. The molecule has 0 atom stereocenters. The van der Waals surface area contributed by atoms with E-state index in [4.69, 9.17) is 10.0 Å². The molecule has 0 aliphatic rings. The molecule has 0 bridgehead atoms. The van der Waals surface area contributed by atoms with Gasteiger partial charge in [0.15, 0.2) is 0 Å². The number of nitrogens with zero attached hydrogens (tertiary/aromatic N) is 2. The first-order chi connectivity index (χ1) is 6.72. The number of fused-ring (bicyclic) bond motifs is 1. The number of aromatic nitrogens is 2. The van der Waals surface area contributed by atoms with Crippen molar-refractivity contribution in [1.82, 2.24) is 9.55 Å². The van der Waals surface area contributed by atoms with E-state index in [1.54, 1.807) is 6.07 Å². The van der Waals surface area contributed by atoms with E-state index in [0.717, 1.165) is 17.6 Å². The second-order valence-electron chi connectivity index (χ2n) is 3.16. The van der Waals surface area contributed by atoms with Crippen molar-refractivity contribution in [2.45, 2.75) is 13.5 Å². The largest absolute Gasteiger partial charge is 0.490 e. The third kappa shape index (κ3) is 1.40.